The fraction of sp³-hybridized carbons (Fsp3) is 0.500. The SMILES string of the molecule is COc1c(Br)cc(C(C)(C)CC(=O)O)c(OC)c1C. The predicted molar refractivity (Wildman–Crippen MR) is 77.3 cm³/mol. The molecule has 1 aromatic carbocycles. The van der Waals surface area contributed by atoms with Crippen LogP contribution in [0, 0.1) is 6.92 Å². The maximum absolute atomic E-state index is 11.0. The molecule has 19 heavy (non-hydrogen) atoms. The topological polar surface area (TPSA) is 55.8 Å². The first kappa shape index (κ1) is 15.8. The quantitative estimate of drug-likeness (QED) is 0.897. The van der Waals surface area contributed by atoms with Gasteiger partial charge in [0.25, 0.3) is 0 Å². The molecule has 0 radical (unpaired) electrons. The molecule has 1 rings (SSSR count). The van der Waals surface area contributed by atoms with E-state index in [1.807, 2.05) is 26.8 Å². The van der Waals surface area contributed by atoms with E-state index in [1.54, 1.807) is 14.2 Å². The van der Waals surface area contributed by atoms with Crippen molar-refractivity contribution in [2.75, 3.05) is 14.2 Å². The Morgan fingerprint density at radius 3 is 2.26 bits per heavy atom. The predicted octanol–water partition coefficient (Wildman–Crippen LogP) is 3.53. The van der Waals surface area contributed by atoms with Gasteiger partial charge in [-0.25, -0.2) is 0 Å². The van der Waals surface area contributed by atoms with Crippen molar-refractivity contribution in [2.45, 2.75) is 32.6 Å². The third-order valence-electron chi connectivity index (χ3n) is 3.14. The van der Waals surface area contributed by atoms with Gasteiger partial charge in [0.1, 0.15) is 11.5 Å². The maximum atomic E-state index is 11.0. The molecule has 0 heterocycles. The molecule has 5 heteroatoms. The number of hydrogen-bond donors (Lipinski definition) is 1. The number of hydrogen-bond acceptors (Lipinski definition) is 3. The molecule has 0 unspecified atom stereocenters. The molecular formula is C14H19BrO4. The summed E-state index contributed by atoms with van der Waals surface area (Å²) < 4.78 is 11.6. The van der Waals surface area contributed by atoms with E-state index in [0.29, 0.717) is 11.5 Å². The second-order valence-corrected chi connectivity index (χ2v) is 5.91. The van der Waals surface area contributed by atoms with Crippen LogP contribution in [-0.4, -0.2) is 25.3 Å². The van der Waals surface area contributed by atoms with Gasteiger partial charge in [0.2, 0.25) is 0 Å². The van der Waals surface area contributed by atoms with Crippen molar-refractivity contribution in [1.82, 2.24) is 0 Å². The molecule has 1 aromatic rings. The first-order valence-corrected chi connectivity index (χ1v) is 6.67. The van der Waals surface area contributed by atoms with Gasteiger partial charge < -0.3 is 14.6 Å². The molecule has 0 saturated carbocycles. The molecule has 0 fully saturated rings. The van der Waals surface area contributed by atoms with Gasteiger partial charge in [0, 0.05) is 16.5 Å². The van der Waals surface area contributed by atoms with Crippen LogP contribution >= 0.6 is 15.9 Å². The zero-order chi connectivity index (χ0) is 14.8. The van der Waals surface area contributed by atoms with Crippen LogP contribution in [0.15, 0.2) is 10.5 Å². The average molecular weight is 331 g/mol. The van der Waals surface area contributed by atoms with Crippen molar-refractivity contribution in [2.24, 2.45) is 0 Å². The largest absolute Gasteiger partial charge is 0.496 e. The molecule has 106 valence electrons. The van der Waals surface area contributed by atoms with Gasteiger partial charge in [-0.2, -0.15) is 0 Å². The molecule has 0 aliphatic rings. The Morgan fingerprint density at radius 2 is 1.84 bits per heavy atom. The summed E-state index contributed by atoms with van der Waals surface area (Å²) in [5.41, 5.74) is 1.17. The number of ether oxygens (including phenoxy) is 2. The molecule has 4 nitrogen and oxygen atoms in total. The molecule has 1 N–H and O–H groups in total. The lowest BCUT2D eigenvalue weighted by molar-refractivity contribution is -0.138. The fourth-order valence-electron chi connectivity index (χ4n) is 2.23. The van der Waals surface area contributed by atoms with Crippen LogP contribution in [-0.2, 0) is 10.2 Å². The zero-order valence-electron chi connectivity index (χ0n) is 11.8. The number of benzene rings is 1. The van der Waals surface area contributed by atoms with E-state index in [9.17, 15) is 4.79 Å². The number of halogens is 1. The molecule has 0 atom stereocenters. The zero-order valence-corrected chi connectivity index (χ0v) is 13.4. The van der Waals surface area contributed by atoms with Gasteiger partial charge in [0.15, 0.2) is 0 Å². The molecule has 0 saturated heterocycles. The van der Waals surface area contributed by atoms with Crippen molar-refractivity contribution < 1.29 is 19.4 Å². The van der Waals surface area contributed by atoms with Gasteiger partial charge in [-0.15, -0.1) is 0 Å². The second kappa shape index (κ2) is 5.82. The van der Waals surface area contributed by atoms with Crippen molar-refractivity contribution in [1.29, 1.82) is 0 Å². The molecule has 0 aliphatic heterocycles. The van der Waals surface area contributed by atoms with Crippen molar-refractivity contribution in [3.8, 4) is 11.5 Å². The molecule has 0 spiro atoms. The van der Waals surface area contributed by atoms with E-state index in [4.69, 9.17) is 14.6 Å². The number of methoxy groups -OCH3 is 2. The summed E-state index contributed by atoms with van der Waals surface area (Å²) >= 11 is 3.45. The normalized spacial score (nSPS) is 11.3. The van der Waals surface area contributed by atoms with Crippen molar-refractivity contribution in [3.63, 3.8) is 0 Å². The van der Waals surface area contributed by atoms with Gasteiger partial charge in [0.05, 0.1) is 25.1 Å². The van der Waals surface area contributed by atoms with E-state index in [1.165, 1.54) is 0 Å². The lowest BCUT2D eigenvalue weighted by Gasteiger charge is -2.27. The fourth-order valence-corrected chi connectivity index (χ4v) is 2.92. The first-order valence-electron chi connectivity index (χ1n) is 5.88. The van der Waals surface area contributed by atoms with Crippen LogP contribution in [0.25, 0.3) is 0 Å². The lowest BCUT2D eigenvalue weighted by Crippen LogP contribution is -2.23. The summed E-state index contributed by atoms with van der Waals surface area (Å²) in [6, 6.07) is 1.87. The Bertz CT molecular complexity index is 495. The van der Waals surface area contributed by atoms with E-state index >= 15 is 0 Å². The van der Waals surface area contributed by atoms with E-state index < -0.39 is 11.4 Å². The van der Waals surface area contributed by atoms with Gasteiger partial charge in [-0.3, -0.25) is 4.79 Å². The number of rotatable bonds is 5. The highest BCUT2D eigenvalue weighted by molar-refractivity contribution is 9.10. The Morgan fingerprint density at radius 1 is 1.32 bits per heavy atom. The summed E-state index contributed by atoms with van der Waals surface area (Å²) in [5.74, 6) is 0.537. The van der Waals surface area contributed by atoms with E-state index in [2.05, 4.69) is 15.9 Å². The van der Waals surface area contributed by atoms with Crippen molar-refractivity contribution >= 4 is 21.9 Å². The minimum absolute atomic E-state index is 0.0293. The maximum Gasteiger partial charge on any atom is 0.304 e. The Balaban J connectivity index is 3.47. The van der Waals surface area contributed by atoms with Gasteiger partial charge in [-0.05, 0) is 28.9 Å². The molecule has 0 bridgehead atoms. The van der Waals surface area contributed by atoms with Crippen LogP contribution in [0.4, 0.5) is 0 Å². The monoisotopic (exact) mass is 330 g/mol. The van der Waals surface area contributed by atoms with Crippen molar-refractivity contribution in [3.05, 3.63) is 21.7 Å². The summed E-state index contributed by atoms with van der Waals surface area (Å²) in [6.45, 7) is 5.66. The van der Waals surface area contributed by atoms with E-state index in [-0.39, 0.29) is 6.42 Å². The Hall–Kier alpha value is -1.23. The first-order chi connectivity index (χ1) is 8.74. The summed E-state index contributed by atoms with van der Waals surface area (Å²) in [4.78, 5) is 11.0. The van der Waals surface area contributed by atoms with E-state index in [0.717, 1.165) is 15.6 Å². The Kier molecular flexibility index (Phi) is 4.85. The highest BCUT2D eigenvalue weighted by Crippen LogP contribution is 2.43. The number of carbonyl (C=O) groups is 1. The number of carboxylic acid groups (broad SMARTS) is 1. The Labute approximate surface area is 121 Å². The highest BCUT2D eigenvalue weighted by atomic mass is 79.9. The third-order valence-corrected chi connectivity index (χ3v) is 3.73. The van der Waals surface area contributed by atoms with Crippen LogP contribution < -0.4 is 9.47 Å². The molecule has 0 aromatic heterocycles. The molecular weight excluding hydrogens is 312 g/mol. The lowest BCUT2D eigenvalue weighted by atomic mass is 9.80. The minimum atomic E-state index is -0.836. The van der Waals surface area contributed by atoms with Gasteiger partial charge >= 0.3 is 5.97 Å². The highest BCUT2D eigenvalue weighted by Gasteiger charge is 2.30. The molecule has 0 amide bonds. The standard InChI is InChI=1S/C14H19BrO4/c1-8-12(18-4)9(6-10(15)13(8)19-5)14(2,3)7-11(16)17/h6H,7H2,1-5H3,(H,16,17). The smallest absolute Gasteiger partial charge is 0.304 e. The second-order valence-electron chi connectivity index (χ2n) is 5.05. The van der Waals surface area contributed by atoms with Gasteiger partial charge in [-0.1, -0.05) is 13.8 Å². The number of aliphatic carboxylic acids is 1. The van der Waals surface area contributed by atoms with Crippen LogP contribution in [0.5, 0.6) is 11.5 Å². The molecule has 0 aliphatic carbocycles. The van der Waals surface area contributed by atoms with Crippen LogP contribution in [0.3, 0.4) is 0 Å². The summed E-state index contributed by atoms with van der Waals surface area (Å²) in [7, 11) is 3.17. The third kappa shape index (κ3) is 3.21. The average Bonchev–Trinajstić information content (AvgIpc) is 2.27. The minimum Gasteiger partial charge on any atom is -0.496 e. The summed E-state index contributed by atoms with van der Waals surface area (Å²) in [6.07, 6.45) is 0.0293. The van der Waals surface area contributed by atoms with Crippen LogP contribution in [0.1, 0.15) is 31.4 Å². The summed E-state index contributed by atoms with van der Waals surface area (Å²) in [5, 5.41) is 9.04. The number of carboxylic acids is 1. The van der Waals surface area contributed by atoms with Crippen LogP contribution in [0.2, 0.25) is 0 Å².